The van der Waals surface area contributed by atoms with Gasteiger partial charge in [0.1, 0.15) is 11.6 Å². The fraction of sp³-hybridized carbons (Fsp3) is 0.444. The van der Waals surface area contributed by atoms with Crippen LogP contribution in [0.5, 0.6) is 0 Å². The van der Waals surface area contributed by atoms with Gasteiger partial charge in [0.2, 0.25) is 0 Å². The zero-order valence-corrected chi connectivity index (χ0v) is 14.1. The van der Waals surface area contributed by atoms with Crippen LogP contribution in [0.25, 0.3) is 0 Å². The van der Waals surface area contributed by atoms with Gasteiger partial charge in [-0.3, -0.25) is 9.69 Å². The fourth-order valence-electron chi connectivity index (χ4n) is 2.52. The molecule has 0 unspecified atom stereocenters. The third kappa shape index (κ3) is 6.03. The Kier molecular flexibility index (Phi) is 7.27. The summed E-state index contributed by atoms with van der Waals surface area (Å²) in [6.07, 6.45) is 1.59. The monoisotopic (exact) mass is 328 g/mol. The molecule has 0 saturated carbocycles. The maximum absolute atomic E-state index is 12.1. The third-order valence-corrected chi connectivity index (χ3v) is 3.81. The van der Waals surface area contributed by atoms with Gasteiger partial charge in [0, 0.05) is 46.0 Å². The number of nitrogens with zero attached hydrogens (tertiary/aromatic N) is 3. The van der Waals surface area contributed by atoms with Crippen LogP contribution in [0.3, 0.4) is 0 Å². The molecule has 128 valence electrons. The summed E-state index contributed by atoms with van der Waals surface area (Å²) in [5.41, 5.74) is 1.25. The summed E-state index contributed by atoms with van der Waals surface area (Å²) in [7, 11) is 1.85. The van der Waals surface area contributed by atoms with E-state index in [0.29, 0.717) is 13.1 Å². The third-order valence-electron chi connectivity index (χ3n) is 3.81. The zero-order valence-electron chi connectivity index (χ0n) is 14.1. The second-order valence-corrected chi connectivity index (χ2v) is 5.77. The summed E-state index contributed by atoms with van der Waals surface area (Å²) in [5, 5.41) is 12.0. The van der Waals surface area contributed by atoms with Crippen molar-refractivity contribution in [2.24, 2.45) is 0 Å². The molecule has 2 rings (SSSR count). The first kappa shape index (κ1) is 18.0. The minimum Gasteiger partial charge on any atom is -0.379 e. The minimum absolute atomic E-state index is 0.121. The normalized spacial score (nSPS) is 15.6. The molecule has 1 heterocycles. The average Bonchev–Trinajstić information content (AvgIpc) is 2.61. The Hall–Kier alpha value is -2.36. The standard InChI is InChI=1S/C18H24N4O2/c1-21(14-16-5-3-2-4-6-16)15-17(13-19)18(23)20-7-8-22-9-11-24-12-10-22/h2-6,15H,7-12,14H2,1H3,(H,20,23)/b17-15-. The van der Waals surface area contributed by atoms with E-state index < -0.39 is 0 Å². The zero-order chi connectivity index (χ0) is 17.2. The average molecular weight is 328 g/mol. The van der Waals surface area contributed by atoms with Crippen LogP contribution in [0.15, 0.2) is 42.1 Å². The van der Waals surface area contributed by atoms with Crippen molar-refractivity contribution >= 4 is 5.91 Å². The molecule has 0 atom stereocenters. The van der Waals surface area contributed by atoms with Gasteiger partial charge in [-0.1, -0.05) is 30.3 Å². The Morgan fingerprint density at radius 3 is 2.75 bits per heavy atom. The van der Waals surface area contributed by atoms with E-state index in [2.05, 4.69) is 10.2 Å². The summed E-state index contributed by atoms with van der Waals surface area (Å²) in [4.78, 5) is 16.2. The molecule has 1 aliphatic rings. The molecule has 0 radical (unpaired) electrons. The van der Waals surface area contributed by atoms with Crippen molar-refractivity contribution in [1.29, 1.82) is 5.26 Å². The number of carbonyl (C=O) groups is 1. The van der Waals surface area contributed by atoms with Crippen LogP contribution in [0.1, 0.15) is 5.56 Å². The minimum atomic E-state index is -0.328. The highest BCUT2D eigenvalue weighted by molar-refractivity contribution is 5.97. The number of amides is 1. The van der Waals surface area contributed by atoms with Crippen LogP contribution in [0.4, 0.5) is 0 Å². The van der Waals surface area contributed by atoms with Gasteiger partial charge < -0.3 is 15.0 Å². The number of ether oxygens (including phenoxy) is 1. The number of morpholine rings is 1. The van der Waals surface area contributed by atoms with Gasteiger partial charge >= 0.3 is 0 Å². The van der Waals surface area contributed by atoms with Gasteiger partial charge in [-0.25, -0.2) is 0 Å². The number of benzene rings is 1. The lowest BCUT2D eigenvalue weighted by Gasteiger charge is -2.26. The van der Waals surface area contributed by atoms with Crippen molar-refractivity contribution in [1.82, 2.24) is 15.1 Å². The van der Waals surface area contributed by atoms with Crippen LogP contribution < -0.4 is 5.32 Å². The van der Waals surface area contributed by atoms with Gasteiger partial charge in [0.05, 0.1) is 13.2 Å². The van der Waals surface area contributed by atoms with Gasteiger partial charge in [0.25, 0.3) is 5.91 Å². The van der Waals surface area contributed by atoms with Crippen LogP contribution in [-0.2, 0) is 16.1 Å². The topological polar surface area (TPSA) is 68.6 Å². The maximum Gasteiger partial charge on any atom is 0.263 e. The number of nitriles is 1. The molecule has 0 spiro atoms. The second-order valence-electron chi connectivity index (χ2n) is 5.77. The molecule has 0 aromatic heterocycles. The first-order valence-electron chi connectivity index (χ1n) is 8.13. The molecule has 24 heavy (non-hydrogen) atoms. The molecule has 6 nitrogen and oxygen atoms in total. The van der Waals surface area contributed by atoms with Crippen LogP contribution in [0.2, 0.25) is 0 Å². The number of hydrogen-bond donors (Lipinski definition) is 1. The fourth-order valence-corrected chi connectivity index (χ4v) is 2.52. The van der Waals surface area contributed by atoms with Crippen LogP contribution in [0, 0.1) is 11.3 Å². The van der Waals surface area contributed by atoms with Crippen molar-refractivity contribution in [2.75, 3.05) is 46.4 Å². The molecule has 1 aromatic carbocycles. The molecule has 1 N–H and O–H groups in total. The lowest BCUT2D eigenvalue weighted by molar-refractivity contribution is -0.117. The SMILES string of the molecule is CN(/C=C(/C#N)C(=O)NCCN1CCOCC1)Cc1ccccc1. The first-order valence-corrected chi connectivity index (χ1v) is 8.13. The maximum atomic E-state index is 12.1. The molecule has 1 fully saturated rings. The highest BCUT2D eigenvalue weighted by Crippen LogP contribution is 2.05. The van der Waals surface area contributed by atoms with Gasteiger partial charge in [-0.15, -0.1) is 0 Å². The largest absolute Gasteiger partial charge is 0.379 e. The van der Waals surface area contributed by atoms with Crippen molar-refractivity contribution in [3.05, 3.63) is 47.7 Å². The molecule has 1 amide bonds. The van der Waals surface area contributed by atoms with Gasteiger partial charge in [-0.05, 0) is 5.56 Å². The summed E-state index contributed by atoms with van der Waals surface area (Å²) in [6, 6.07) is 11.9. The number of carbonyl (C=O) groups excluding carboxylic acids is 1. The molecule has 0 bridgehead atoms. The van der Waals surface area contributed by atoms with E-state index in [-0.39, 0.29) is 11.5 Å². The van der Waals surface area contributed by atoms with Crippen LogP contribution in [-0.4, -0.2) is 62.1 Å². The Morgan fingerprint density at radius 1 is 1.38 bits per heavy atom. The summed E-state index contributed by atoms with van der Waals surface area (Å²) in [5.74, 6) is -0.328. The van der Waals surface area contributed by atoms with E-state index in [1.807, 2.05) is 48.3 Å². The quantitative estimate of drug-likeness (QED) is 0.597. The summed E-state index contributed by atoms with van der Waals surface area (Å²) in [6.45, 7) is 5.19. The Labute approximate surface area is 143 Å². The van der Waals surface area contributed by atoms with Crippen molar-refractivity contribution in [3.63, 3.8) is 0 Å². The van der Waals surface area contributed by atoms with Crippen molar-refractivity contribution in [3.8, 4) is 6.07 Å². The summed E-state index contributed by atoms with van der Waals surface area (Å²) < 4.78 is 5.29. The Bertz CT molecular complexity index is 589. The van der Waals surface area contributed by atoms with E-state index in [0.717, 1.165) is 38.4 Å². The molecule has 0 aliphatic carbocycles. The Morgan fingerprint density at radius 2 is 2.08 bits per heavy atom. The van der Waals surface area contributed by atoms with E-state index in [1.54, 1.807) is 6.20 Å². The second kappa shape index (κ2) is 9.71. The molecular formula is C18H24N4O2. The first-order chi connectivity index (χ1) is 11.7. The number of hydrogen-bond acceptors (Lipinski definition) is 5. The molecule has 1 saturated heterocycles. The van der Waals surface area contributed by atoms with E-state index in [1.165, 1.54) is 0 Å². The smallest absolute Gasteiger partial charge is 0.263 e. The van der Waals surface area contributed by atoms with Gasteiger partial charge in [-0.2, -0.15) is 5.26 Å². The lowest BCUT2D eigenvalue weighted by Crippen LogP contribution is -2.41. The summed E-state index contributed by atoms with van der Waals surface area (Å²) >= 11 is 0. The number of rotatable bonds is 7. The van der Waals surface area contributed by atoms with Gasteiger partial charge in [0.15, 0.2) is 0 Å². The predicted octanol–water partition coefficient (Wildman–Crippen LogP) is 0.974. The van der Waals surface area contributed by atoms with Crippen molar-refractivity contribution in [2.45, 2.75) is 6.54 Å². The predicted molar refractivity (Wildman–Crippen MR) is 91.9 cm³/mol. The van der Waals surface area contributed by atoms with Crippen LogP contribution >= 0.6 is 0 Å². The highest BCUT2D eigenvalue weighted by Gasteiger charge is 2.12. The Balaban J connectivity index is 1.80. The molecule has 6 heteroatoms. The molecule has 1 aromatic rings. The van der Waals surface area contributed by atoms with Crippen molar-refractivity contribution < 1.29 is 9.53 Å². The van der Waals surface area contributed by atoms with E-state index in [4.69, 9.17) is 4.74 Å². The van der Waals surface area contributed by atoms with E-state index in [9.17, 15) is 10.1 Å². The molecular weight excluding hydrogens is 304 g/mol. The molecule has 1 aliphatic heterocycles. The van der Waals surface area contributed by atoms with E-state index >= 15 is 0 Å². The number of nitrogens with one attached hydrogen (secondary N) is 1. The highest BCUT2D eigenvalue weighted by atomic mass is 16.5. The lowest BCUT2D eigenvalue weighted by atomic mass is 10.2.